The lowest BCUT2D eigenvalue weighted by atomic mass is 10.00. The van der Waals surface area contributed by atoms with E-state index in [2.05, 4.69) is 48.3 Å². The fourth-order valence-electron chi connectivity index (χ4n) is 3.50. The molecule has 3 rings (SSSR count). The van der Waals surface area contributed by atoms with Gasteiger partial charge in [0.15, 0.2) is 0 Å². The van der Waals surface area contributed by atoms with Crippen LogP contribution in [-0.4, -0.2) is 49.6 Å². The van der Waals surface area contributed by atoms with Crippen molar-refractivity contribution < 1.29 is 4.79 Å². The molecular weight excluding hydrogens is 262 g/mol. The zero-order valence-electron chi connectivity index (χ0n) is 13.0. The Hall–Kier alpha value is -1.55. The van der Waals surface area contributed by atoms with Crippen molar-refractivity contribution >= 4 is 11.6 Å². The molecule has 1 atom stereocenters. The molecule has 1 saturated heterocycles. The molecule has 1 aromatic rings. The molecule has 4 heteroatoms. The average Bonchev–Trinajstić information content (AvgIpc) is 2.92. The zero-order chi connectivity index (χ0) is 14.8. The predicted molar refractivity (Wildman–Crippen MR) is 85.6 cm³/mol. The van der Waals surface area contributed by atoms with E-state index in [4.69, 9.17) is 0 Å². The average molecular weight is 287 g/mol. The summed E-state index contributed by atoms with van der Waals surface area (Å²) < 4.78 is 0. The molecule has 1 unspecified atom stereocenters. The van der Waals surface area contributed by atoms with Crippen molar-refractivity contribution in [2.45, 2.75) is 26.3 Å². The van der Waals surface area contributed by atoms with Crippen molar-refractivity contribution in [1.82, 2.24) is 10.2 Å². The number of nitrogens with zero attached hydrogens (tertiary/aromatic N) is 2. The van der Waals surface area contributed by atoms with Crippen LogP contribution in [0.15, 0.2) is 24.3 Å². The molecule has 0 radical (unpaired) electrons. The molecule has 0 saturated carbocycles. The second kappa shape index (κ2) is 6.06. The third kappa shape index (κ3) is 2.77. The molecule has 4 nitrogen and oxygen atoms in total. The third-order valence-electron chi connectivity index (χ3n) is 4.57. The summed E-state index contributed by atoms with van der Waals surface area (Å²) in [6.07, 6.45) is 1.05. The van der Waals surface area contributed by atoms with Gasteiger partial charge in [-0.1, -0.05) is 32.0 Å². The van der Waals surface area contributed by atoms with Gasteiger partial charge in [-0.05, 0) is 24.0 Å². The summed E-state index contributed by atoms with van der Waals surface area (Å²) in [5.41, 5.74) is 2.62. The number of para-hydroxylation sites is 1. The Bertz CT molecular complexity index is 509. The first kappa shape index (κ1) is 14.4. The molecular formula is C17H25N3O. The van der Waals surface area contributed by atoms with Crippen molar-refractivity contribution in [2.75, 3.05) is 37.6 Å². The van der Waals surface area contributed by atoms with Gasteiger partial charge in [0.2, 0.25) is 5.91 Å². The van der Waals surface area contributed by atoms with Gasteiger partial charge >= 0.3 is 0 Å². The highest BCUT2D eigenvalue weighted by atomic mass is 16.2. The molecule has 0 aliphatic carbocycles. The number of benzene rings is 1. The second-order valence-electron chi connectivity index (χ2n) is 6.34. The molecule has 1 amide bonds. The van der Waals surface area contributed by atoms with E-state index in [9.17, 15) is 4.79 Å². The summed E-state index contributed by atoms with van der Waals surface area (Å²) in [6, 6.07) is 8.46. The Morgan fingerprint density at radius 2 is 1.86 bits per heavy atom. The lowest BCUT2D eigenvalue weighted by Crippen LogP contribution is -2.55. The lowest BCUT2D eigenvalue weighted by molar-refractivity contribution is -0.134. The van der Waals surface area contributed by atoms with Gasteiger partial charge in [0.05, 0.1) is 0 Å². The van der Waals surface area contributed by atoms with E-state index in [1.165, 1.54) is 11.3 Å². The number of rotatable bonds is 3. The summed E-state index contributed by atoms with van der Waals surface area (Å²) in [5, 5.41) is 3.32. The minimum absolute atomic E-state index is 0.0354. The van der Waals surface area contributed by atoms with Crippen molar-refractivity contribution in [2.24, 2.45) is 5.92 Å². The maximum atomic E-state index is 13.0. The summed E-state index contributed by atoms with van der Waals surface area (Å²) >= 11 is 0. The molecule has 0 bridgehead atoms. The van der Waals surface area contributed by atoms with Crippen LogP contribution >= 0.6 is 0 Å². The highest BCUT2D eigenvalue weighted by Gasteiger charge is 2.35. The van der Waals surface area contributed by atoms with Crippen molar-refractivity contribution in [3.05, 3.63) is 29.8 Å². The first-order chi connectivity index (χ1) is 10.2. The van der Waals surface area contributed by atoms with Gasteiger partial charge < -0.3 is 15.1 Å². The number of fused-ring (bicyclic) bond motifs is 1. The smallest absolute Gasteiger partial charge is 0.245 e. The monoisotopic (exact) mass is 287 g/mol. The molecule has 1 N–H and O–H groups in total. The topological polar surface area (TPSA) is 35.6 Å². The molecule has 1 aromatic carbocycles. The Balaban J connectivity index is 1.84. The van der Waals surface area contributed by atoms with Gasteiger partial charge in [-0.3, -0.25) is 4.79 Å². The molecule has 114 valence electrons. The van der Waals surface area contributed by atoms with Gasteiger partial charge in [-0.15, -0.1) is 0 Å². The molecule has 0 spiro atoms. The SMILES string of the molecule is CC(C)C(C(=O)N1CCNCC1)N1CCc2ccccc21. The maximum Gasteiger partial charge on any atom is 0.245 e. The van der Waals surface area contributed by atoms with Gasteiger partial charge in [-0.25, -0.2) is 0 Å². The second-order valence-corrected chi connectivity index (χ2v) is 6.34. The fourth-order valence-corrected chi connectivity index (χ4v) is 3.50. The van der Waals surface area contributed by atoms with Crippen molar-refractivity contribution in [1.29, 1.82) is 0 Å². The van der Waals surface area contributed by atoms with Crippen LogP contribution in [0.4, 0.5) is 5.69 Å². The Labute approximate surface area is 127 Å². The summed E-state index contributed by atoms with van der Waals surface area (Å²) in [6.45, 7) is 8.76. The number of hydrogen-bond acceptors (Lipinski definition) is 3. The molecule has 2 aliphatic rings. The van der Waals surface area contributed by atoms with Crippen LogP contribution in [-0.2, 0) is 11.2 Å². The van der Waals surface area contributed by atoms with E-state index in [1.807, 2.05) is 4.90 Å². The van der Waals surface area contributed by atoms with Gasteiger partial charge in [-0.2, -0.15) is 0 Å². The number of hydrogen-bond donors (Lipinski definition) is 1. The Morgan fingerprint density at radius 1 is 1.14 bits per heavy atom. The van der Waals surface area contributed by atoms with Crippen LogP contribution in [0.5, 0.6) is 0 Å². The third-order valence-corrected chi connectivity index (χ3v) is 4.57. The number of anilines is 1. The highest BCUT2D eigenvalue weighted by Crippen LogP contribution is 2.32. The zero-order valence-corrected chi connectivity index (χ0v) is 13.0. The number of carbonyl (C=O) groups is 1. The first-order valence-corrected chi connectivity index (χ1v) is 8.02. The van der Waals surface area contributed by atoms with Crippen molar-refractivity contribution in [3.8, 4) is 0 Å². The highest BCUT2D eigenvalue weighted by molar-refractivity contribution is 5.86. The van der Waals surface area contributed by atoms with Crippen LogP contribution in [0, 0.1) is 5.92 Å². The van der Waals surface area contributed by atoms with E-state index < -0.39 is 0 Å². The van der Waals surface area contributed by atoms with Crippen LogP contribution < -0.4 is 10.2 Å². The summed E-state index contributed by atoms with van der Waals surface area (Å²) in [4.78, 5) is 17.3. The standard InChI is InChI=1S/C17H25N3O/c1-13(2)16(17(21)19-11-8-18-9-12-19)20-10-7-14-5-3-4-6-15(14)20/h3-6,13,16,18H,7-12H2,1-2H3. The Kier molecular flexibility index (Phi) is 4.15. The molecule has 2 aliphatic heterocycles. The van der Waals surface area contributed by atoms with Crippen LogP contribution in [0.1, 0.15) is 19.4 Å². The minimum atomic E-state index is -0.0354. The molecule has 21 heavy (non-hydrogen) atoms. The lowest BCUT2D eigenvalue weighted by Gasteiger charge is -2.37. The largest absolute Gasteiger partial charge is 0.359 e. The number of nitrogens with one attached hydrogen (secondary N) is 1. The van der Waals surface area contributed by atoms with Crippen LogP contribution in [0.2, 0.25) is 0 Å². The van der Waals surface area contributed by atoms with Gasteiger partial charge in [0.1, 0.15) is 6.04 Å². The van der Waals surface area contributed by atoms with E-state index in [-0.39, 0.29) is 6.04 Å². The maximum absolute atomic E-state index is 13.0. The van der Waals surface area contributed by atoms with Crippen LogP contribution in [0.25, 0.3) is 0 Å². The van der Waals surface area contributed by atoms with Gasteiger partial charge in [0, 0.05) is 38.4 Å². The number of amides is 1. The van der Waals surface area contributed by atoms with E-state index in [0.29, 0.717) is 11.8 Å². The van der Waals surface area contributed by atoms with E-state index >= 15 is 0 Å². The quantitative estimate of drug-likeness (QED) is 0.915. The number of piperazine rings is 1. The van der Waals surface area contributed by atoms with Crippen molar-refractivity contribution in [3.63, 3.8) is 0 Å². The van der Waals surface area contributed by atoms with Gasteiger partial charge in [0.25, 0.3) is 0 Å². The molecule has 1 fully saturated rings. The Morgan fingerprint density at radius 3 is 2.57 bits per heavy atom. The molecule has 0 aromatic heterocycles. The molecule has 2 heterocycles. The summed E-state index contributed by atoms with van der Waals surface area (Å²) in [7, 11) is 0. The normalized spacial score (nSPS) is 19.8. The van der Waals surface area contributed by atoms with E-state index in [0.717, 1.165) is 39.1 Å². The van der Waals surface area contributed by atoms with E-state index in [1.54, 1.807) is 0 Å². The number of carbonyl (C=O) groups excluding carboxylic acids is 1. The fraction of sp³-hybridized carbons (Fsp3) is 0.588. The van der Waals surface area contributed by atoms with Crippen LogP contribution in [0.3, 0.4) is 0 Å². The first-order valence-electron chi connectivity index (χ1n) is 8.02. The summed E-state index contributed by atoms with van der Waals surface area (Å²) in [5.74, 6) is 0.613. The minimum Gasteiger partial charge on any atom is -0.359 e. The predicted octanol–water partition coefficient (Wildman–Crippen LogP) is 1.51.